The highest BCUT2D eigenvalue weighted by Gasteiger charge is 2.19. The molecule has 2 heterocycles. The molecule has 1 aromatic heterocycles. The van der Waals surface area contributed by atoms with Crippen molar-refractivity contribution in [3.05, 3.63) is 169 Å². The number of fused-ring (bicyclic) bond motifs is 6. The standard InChI is InChI=1S/C44H30O2/c1-3-10-29(11-4-1)34-23-35(30-12-5-2-6-13-30)25-36(24-34)31-20-21-38-37(22-31)28-45-27-33-19-18-32(26-42(33)38)39-15-9-16-41-40-14-7-8-17-43(40)46-44(39)41/h1-26H,27-28H2. The van der Waals surface area contributed by atoms with Crippen molar-refractivity contribution in [3.63, 3.8) is 0 Å². The Balaban J connectivity index is 1.16. The third kappa shape index (κ3) is 4.63. The smallest absolute Gasteiger partial charge is 0.143 e. The molecule has 0 saturated heterocycles. The van der Waals surface area contributed by atoms with Gasteiger partial charge in [0.25, 0.3) is 0 Å². The summed E-state index contributed by atoms with van der Waals surface area (Å²) in [6.07, 6.45) is 0. The molecule has 0 amide bonds. The zero-order chi connectivity index (χ0) is 30.5. The van der Waals surface area contributed by atoms with Gasteiger partial charge in [0.2, 0.25) is 0 Å². The van der Waals surface area contributed by atoms with Gasteiger partial charge in [0.15, 0.2) is 0 Å². The minimum absolute atomic E-state index is 0.566. The van der Waals surface area contributed by atoms with E-state index in [9.17, 15) is 0 Å². The molecule has 46 heavy (non-hydrogen) atoms. The second kappa shape index (κ2) is 11.0. The van der Waals surface area contributed by atoms with Crippen LogP contribution in [0.4, 0.5) is 0 Å². The molecule has 2 nitrogen and oxygen atoms in total. The number of furan rings is 1. The zero-order valence-electron chi connectivity index (χ0n) is 25.2. The number of hydrogen-bond donors (Lipinski definition) is 0. The van der Waals surface area contributed by atoms with Crippen LogP contribution >= 0.6 is 0 Å². The molecule has 0 aliphatic carbocycles. The summed E-state index contributed by atoms with van der Waals surface area (Å²) in [4.78, 5) is 0. The van der Waals surface area contributed by atoms with E-state index in [2.05, 4.69) is 146 Å². The molecule has 0 radical (unpaired) electrons. The second-order valence-corrected chi connectivity index (χ2v) is 12.0. The maximum absolute atomic E-state index is 6.40. The largest absolute Gasteiger partial charge is 0.455 e. The van der Waals surface area contributed by atoms with Crippen LogP contribution in [0.25, 0.3) is 77.6 Å². The number of para-hydroxylation sites is 2. The van der Waals surface area contributed by atoms with E-state index in [4.69, 9.17) is 9.15 Å². The lowest BCUT2D eigenvalue weighted by atomic mass is 9.89. The van der Waals surface area contributed by atoms with Crippen molar-refractivity contribution >= 4 is 21.9 Å². The summed E-state index contributed by atoms with van der Waals surface area (Å²) >= 11 is 0. The Bertz CT molecular complexity index is 2320. The molecule has 0 spiro atoms. The maximum Gasteiger partial charge on any atom is 0.143 e. The SMILES string of the molecule is c1ccc(-c2cc(-c3ccccc3)cc(-c3ccc4c(c3)COCc3ccc(-c5cccc6c5oc5ccccc56)cc3-4)c2)cc1. The summed E-state index contributed by atoms with van der Waals surface area (Å²) in [7, 11) is 0. The normalized spacial score (nSPS) is 12.5. The van der Waals surface area contributed by atoms with Gasteiger partial charge >= 0.3 is 0 Å². The van der Waals surface area contributed by atoms with Gasteiger partial charge in [-0.1, -0.05) is 121 Å². The number of ether oxygens (including phenoxy) is 1. The minimum atomic E-state index is 0.566. The Kier molecular flexibility index (Phi) is 6.40. The third-order valence-corrected chi connectivity index (χ3v) is 9.22. The predicted octanol–water partition coefficient (Wildman–Crippen LogP) is 12.0. The van der Waals surface area contributed by atoms with Gasteiger partial charge in [0.05, 0.1) is 13.2 Å². The zero-order valence-corrected chi connectivity index (χ0v) is 25.2. The van der Waals surface area contributed by atoms with Gasteiger partial charge in [-0.15, -0.1) is 0 Å². The van der Waals surface area contributed by atoms with Crippen molar-refractivity contribution in [1.29, 1.82) is 0 Å². The van der Waals surface area contributed by atoms with E-state index in [-0.39, 0.29) is 0 Å². The minimum Gasteiger partial charge on any atom is -0.455 e. The maximum atomic E-state index is 6.40. The van der Waals surface area contributed by atoms with Crippen molar-refractivity contribution in [3.8, 4) is 55.6 Å². The van der Waals surface area contributed by atoms with Crippen LogP contribution in [0.3, 0.4) is 0 Å². The molecule has 1 aliphatic rings. The van der Waals surface area contributed by atoms with Crippen molar-refractivity contribution in [2.24, 2.45) is 0 Å². The Hall–Kier alpha value is -5.70. The molecule has 0 unspecified atom stereocenters. The van der Waals surface area contributed by atoms with E-state index >= 15 is 0 Å². The van der Waals surface area contributed by atoms with Crippen LogP contribution in [0.1, 0.15) is 11.1 Å². The van der Waals surface area contributed by atoms with Crippen LogP contribution in [0.15, 0.2) is 162 Å². The lowest BCUT2D eigenvalue weighted by Crippen LogP contribution is -1.92. The summed E-state index contributed by atoms with van der Waals surface area (Å²) in [5.74, 6) is 0. The number of benzene rings is 7. The monoisotopic (exact) mass is 590 g/mol. The topological polar surface area (TPSA) is 22.4 Å². The molecule has 7 aromatic carbocycles. The van der Waals surface area contributed by atoms with Gasteiger partial charge in [-0.05, 0) is 97.6 Å². The van der Waals surface area contributed by atoms with E-state index in [1.54, 1.807) is 0 Å². The van der Waals surface area contributed by atoms with Gasteiger partial charge in [0, 0.05) is 16.3 Å². The highest BCUT2D eigenvalue weighted by atomic mass is 16.5. The van der Waals surface area contributed by atoms with E-state index in [0.29, 0.717) is 13.2 Å². The average molecular weight is 591 g/mol. The van der Waals surface area contributed by atoms with Crippen molar-refractivity contribution in [2.75, 3.05) is 0 Å². The highest BCUT2D eigenvalue weighted by Crippen LogP contribution is 2.41. The van der Waals surface area contributed by atoms with Crippen LogP contribution in [0, 0.1) is 0 Å². The molecular formula is C44H30O2. The first-order valence-electron chi connectivity index (χ1n) is 15.8. The molecule has 1 aliphatic heterocycles. The molecule has 0 N–H and O–H groups in total. The molecule has 0 bridgehead atoms. The summed E-state index contributed by atoms with van der Waals surface area (Å²) in [5.41, 5.74) is 16.1. The van der Waals surface area contributed by atoms with Crippen molar-refractivity contribution in [2.45, 2.75) is 13.2 Å². The quantitative estimate of drug-likeness (QED) is 0.203. The van der Waals surface area contributed by atoms with E-state index in [1.807, 2.05) is 12.1 Å². The second-order valence-electron chi connectivity index (χ2n) is 12.0. The molecule has 2 heteroatoms. The molecule has 0 atom stereocenters. The summed E-state index contributed by atoms with van der Waals surface area (Å²) in [5, 5.41) is 2.29. The van der Waals surface area contributed by atoms with Gasteiger partial charge < -0.3 is 9.15 Å². The summed E-state index contributed by atoms with van der Waals surface area (Å²) in [6, 6.07) is 56.4. The van der Waals surface area contributed by atoms with Crippen molar-refractivity contribution < 1.29 is 9.15 Å². The Morgan fingerprint density at radius 3 is 1.74 bits per heavy atom. The molecular weight excluding hydrogens is 560 g/mol. The van der Waals surface area contributed by atoms with E-state index in [0.717, 1.165) is 33.1 Å². The summed E-state index contributed by atoms with van der Waals surface area (Å²) in [6.45, 7) is 1.15. The summed E-state index contributed by atoms with van der Waals surface area (Å²) < 4.78 is 12.7. The highest BCUT2D eigenvalue weighted by molar-refractivity contribution is 6.09. The van der Waals surface area contributed by atoms with E-state index in [1.165, 1.54) is 55.6 Å². The third-order valence-electron chi connectivity index (χ3n) is 9.22. The first-order chi connectivity index (χ1) is 22.8. The van der Waals surface area contributed by atoms with Gasteiger partial charge in [-0.2, -0.15) is 0 Å². The lowest BCUT2D eigenvalue weighted by molar-refractivity contribution is 0.110. The van der Waals surface area contributed by atoms with Gasteiger partial charge in [-0.3, -0.25) is 0 Å². The molecule has 0 fully saturated rings. The fourth-order valence-corrected chi connectivity index (χ4v) is 6.91. The van der Waals surface area contributed by atoms with Crippen LogP contribution < -0.4 is 0 Å². The first-order valence-corrected chi connectivity index (χ1v) is 15.8. The predicted molar refractivity (Wildman–Crippen MR) is 189 cm³/mol. The number of rotatable bonds is 4. The fourth-order valence-electron chi connectivity index (χ4n) is 6.91. The fraction of sp³-hybridized carbons (Fsp3) is 0.0455. The Morgan fingerprint density at radius 2 is 0.978 bits per heavy atom. The Morgan fingerprint density at radius 1 is 0.348 bits per heavy atom. The van der Waals surface area contributed by atoms with Crippen molar-refractivity contribution in [1.82, 2.24) is 0 Å². The first kappa shape index (κ1) is 26.7. The molecule has 9 rings (SSSR count). The van der Waals surface area contributed by atoms with Crippen LogP contribution in [-0.2, 0) is 18.0 Å². The number of hydrogen-bond acceptors (Lipinski definition) is 2. The van der Waals surface area contributed by atoms with Crippen LogP contribution in [0.2, 0.25) is 0 Å². The Labute approximate surface area is 268 Å². The average Bonchev–Trinajstić information content (AvgIpc) is 3.41. The van der Waals surface area contributed by atoms with E-state index < -0.39 is 0 Å². The molecule has 8 aromatic rings. The molecule has 0 saturated carbocycles. The van der Waals surface area contributed by atoms with Gasteiger partial charge in [0.1, 0.15) is 11.2 Å². The lowest BCUT2D eigenvalue weighted by Gasteiger charge is -2.15. The van der Waals surface area contributed by atoms with Crippen LogP contribution in [-0.4, -0.2) is 0 Å². The van der Waals surface area contributed by atoms with Gasteiger partial charge in [-0.25, -0.2) is 0 Å². The van der Waals surface area contributed by atoms with Crippen LogP contribution in [0.5, 0.6) is 0 Å². The molecule has 218 valence electrons.